The molecule has 0 N–H and O–H groups in total. The summed E-state index contributed by atoms with van der Waals surface area (Å²) in [4.78, 5) is 18.2. The highest BCUT2D eigenvalue weighted by atomic mass is 15.0. The summed E-state index contributed by atoms with van der Waals surface area (Å²) in [5.41, 5.74) is 9.72. The number of rotatable bonds is 5. The molecule has 0 radical (unpaired) electrons. The highest BCUT2D eigenvalue weighted by molar-refractivity contribution is 5.66. The molecule has 4 heterocycles. The van der Waals surface area contributed by atoms with Gasteiger partial charge in [-0.15, -0.1) is 0 Å². The van der Waals surface area contributed by atoms with Crippen molar-refractivity contribution in [1.29, 1.82) is 5.26 Å². The van der Waals surface area contributed by atoms with Gasteiger partial charge in [-0.05, 0) is 61.6 Å². The molecule has 33 heavy (non-hydrogen) atoms. The lowest BCUT2D eigenvalue weighted by atomic mass is 10.0. The zero-order chi connectivity index (χ0) is 22.8. The van der Waals surface area contributed by atoms with Crippen molar-refractivity contribution in [2.24, 2.45) is 0 Å². The van der Waals surface area contributed by atoms with Crippen molar-refractivity contribution < 1.29 is 0 Å². The summed E-state index contributed by atoms with van der Waals surface area (Å²) in [5.74, 6) is 0. The lowest BCUT2D eigenvalue weighted by molar-refractivity contribution is 0.895. The Morgan fingerprint density at radius 1 is 0.909 bits per heavy atom. The van der Waals surface area contributed by atoms with Crippen LogP contribution in [-0.4, -0.2) is 24.3 Å². The highest BCUT2D eigenvalue weighted by Crippen LogP contribution is 2.24. The molecule has 160 valence electrons. The smallest absolute Gasteiger partial charge is 0.159 e. The van der Waals surface area contributed by atoms with Gasteiger partial charge in [-0.3, -0.25) is 19.4 Å². The van der Waals surface area contributed by atoms with E-state index in [4.69, 9.17) is 4.98 Å². The van der Waals surface area contributed by atoms with Crippen LogP contribution >= 0.6 is 0 Å². The average molecular weight is 431 g/mol. The molecule has 0 unspecified atom stereocenters. The fourth-order valence-electron chi connectivity index (χ4n) is 4.13. The van der Waals surface area contributed by atoms with Crippen LogP contribution in [0.2, 0.25) is 0 Å². The summed E-state index contributed by atoms with van der Waals surface area (Å²) < 4.78 is 2.04. The third-order valence-electron chi connectivity index (χ3n) is 5.72. The van der Waals surface area contributed by atoms with Gasteiger partial charge in [0.05, 0.1) is 34.9 Å². The quantitative estimate of drug-likeness (QED) is 0.386. The second kappa shape index (κ2) is 8.64. The van der Waals surface area contributed by atoms with Crippen LogP contribution in [0.5, 0.6) is 0 Å². The van der Waals surface area contributed by atoms with Crippen LogP contribution < -0.4 is 0 Å². The molecular weight excluding hydrogens is 408 g/mol. The number of nitrogens with zero attached hydrogens (tertiary/aromatic N) is 6. The first-order chi connectivity index (χ1) is 16.1. The minimum atomic E-state index is 0.629. The lowest BCUT2D eigenvalue weighted by Crippen LogP contribution is -2.01. The Hall–Kier alpha value is -4.37. The van der Waals surface area contributed by atoms with Crippen LogP contribution in [0.4, 0.5) is 0 Å². The van der Waals surface area contributed by atoms with Gasteiger partial charge in [0, 0.05) is 42.1 Å². The zero-order valence-electron chi connectivity index (χ0n) is 18.5. The highest BCUT2D eigenvalue weighted by Gasteiger charge is 2.12. The number of nitriles is 1. The van der Waals surface area contributed by atoms with Crippen LogP contribution in [0.15, 0.2) is 73.6 Å². The number of fused-ring (bicyclic) bond motifs is 1. The van der Waals surface area contributed by atoms with E-state index in [-0.39, 0.29) is 0 Å². The number of imidazole rings is 1. The van der Waals surface area contributed by atoms with E-state index in [0.29, 0.717) is 5.56 Å². The van der Waals surface area contributed by atoms with E-state index in [2.05, 4.69) is 40.1 Å². The Balaban J connectivity index is 1.40. The Morgan fingerprint density at radius 2 is 1.82 bits per heavy atom. The Labute approximate surface area is 192 Å². The summed E-state index contributed by atoms with van der Waals surface area (Å²) in [5, 5.41) is 9.22. The van der Waals surface area contributed by atoms with Gasteiger partial charge in [-0.2, -0.15) is 5.26 Å². The molecule has 0 saturated heterocycles. The molecule has 0 aliphatic heterocycles. The molecule has 0 bridgehead atoms. The van der Waals surface area contributed by atoms with Crippen molar-refractivity contribution in [2.75, 3.05) is 0 Å². The topological polar surface area (TPSA) is 79.8 Å². The maximum atomic E-state index is 9.22. The molecule has 0 amide bonds. The Morgan fingerprint density at radius 3 is 2.64 bits per heavy atom. The van der Waals surface area contributed by atoms with E-state index < -0.39 is 0 Å². The van der Waals surface area contributed by atoms with Crippen molar-refractivity contribution in [3.63, 3.8) is 0 Å². The Kier molecular flexibility index (Phi) is 5.37. The molecule has 6 nitrogen and oxygen atoms in total. The first-order valence-electron chi connectivity index (χ1n) is 10.8. The molecule has 5 aromatic rings. The van der Waals surface area contributed by atoms with Crippen molar-refractivity contribution in [2.45, 2.75) is 26.7 Å². The van der Waals surface area contributed by atoms with E-state index in [0.717, 1.165) is 63.4 Å². The summed E-state index contributed by atoms with van der Waals surface area (Å²) in [6.07, 6.45) is 12.8. The molecule has 0 fully saturated rings. The van der Waals surface area contributed by atoms with E-state index in [1.807, 2.05) is 60.5 Å². The first kappa shape index (κ1) is 20.5. The van der Waals surface area contributed by atoms with Crippen molar-refractivity contribution >= 4 is 5.65 Å². The maximum absolute atomic E-state index is 9.22. The van der Waals surface area contributed by atoms with Gasteiger partial charge < -0.3 is 0 Å². The molecule has 5 rings (SSSR count). The summed E-state index contributed by atoms with van der Waals surface area (Å²) in [6.45, 7) is 4.12. The van der Waals surface area contributed by atoms with Gasteiger partial charge in [0.25, 0.3) is 0 Å². The summed E-state index contributed by atoms with van der Waals surface area (Å²) in [7, 11) is 0. The van der Waals surface area contributed by atoms with Gasteiger partial charge in [0.15, 0.2) is 5.65 Å². The fraction of sp³-hybridized carbons (Fsp3) is 0.148. The normalized spacial score (nSPS) is 10.9. The zero-order valence-corrected chi connectivity index (χ0v) is 18.5. The second-order valence-corrected chi connectivity index (χ2v) is 8.16. The van der Waals surface area contributed by atoms with Gasteiger partial charge >= 0.3 is 0 Å². The number of aromatic nitrogens is 5. The number of hydrogen-bond donors (Lipinski definition) is 0. The average Bonchev–Trinajstić information content (AvgIpc) is 3.28. The lowest BCUT2D eigenvalue weighted by Gasteiger charge is -2.09. The van der Waals surface area contributed by atoms with Gasteiger partial charge in [0.1, 0.15) is 0 Å². The summed E-state index contributed by atoms with van der Waals surface area (Å²) in [6, 6.07) is 14.1. The predicted molar refractivity (Wildman–Crippen MR) is 127 cm³/mol. The third kappa shape index (κ3) is 4.09. The third-order valence-corrected chi connectivity index (χ3v) is 5.72. The van der Waals surface area contributed by atoms with Gasteiger partial charge in [-0.1, -0.05) is 18.2 Å². The standard InChI is InChI=1S/C27H22N6/c1-18-10-23(16-29-14-18)26-19(2)11-21(15-31-26)6-7-24-27-32-17-25(33(27)9-8-30-24)22-5-3-4-20(12-22)13-28/h3-5,8-12,14-17H,6-7H2,1-2H3. The van der Waals surface area contributed by atoms with E-state index in [1.165, 1.54) is 0 Å². The molecule has 0 spiro atoms. The molecule has 4 aromatic heterocycles. The van der Waals surface area contributed by atoms with Gasteiger partial charge in [0.2, 0.25) is 0 Å². The van der Waals surface area contributed by atoms with Crippen LogP contribution in [0.25, 0.3) is 28.2 Å². The largest absolute Gasteiger partial charge is 0.297 e. The minimum absolute atomic E-state index is 0.629. The monoisotopic (exact) mass is 430 g/mol. The molecular formula is C27H22N6. The number of aryl methyl sites for hydroxylation is 4. The van der Waals surface area contributed by atoms with Crippen LogP contribution in [0.1, 0.15) is 27.9 Å². The van der Waals surface area contributed by atoms with Crippen molar-refractivity contribution in [3.05, 3.63) is 102 Å². The Bertz CT molecular complexity index is 1510. The number of hydrogen-bond acceptors (Lipinski definition) is 5. The SMILES string of the molecule is Cc1cncc(-c2ncc(CCc3nccn4c(-c5cccc(C#N)c5)cnc34)cc2C)c1. The molecule has 1 aromatic carbocycles. The van der Waals surface area contributed by atoms with Crippen LogP contribution in [0.3, 0.4) is 0 Å². The molecule has 0 saturated carbocycles. The van der Waals surface area contributed by atoms with E-state index in [9.17, 15) is 5.26 Å². The van der Waals surface area contributed by atoms with Crippen molar-refractivity contribution in [3.8, 4) is 28.6 Å². The number of benzene rings is 1. The van der Waals surface area contributed by atoms with Crippen LogP contribution in [0, 0.1) is 25.2 Å². The predicted octanol–water partition coefficient (Wildman–Crippen LogP) is 5.13. The van der Waals surface area contributed by atoms with E-state index in [1.54, 1.807) is 12.3 Å². The summed E-state index contributed by atoms with van der Waals surface area (Å²) >= 11 is 0. The maximum Gasteiger partial charge on any atom is 0.159 e. The molecule has 0 aliphatic carbocycles. The molecule has 0 atom stereocenters. The molecule has 6 heteroatoms. The van der Waals surface area contributed by atoms with Crippen LogP contribution in [-0.2, 0) is 12.8 Å². The second-order valence-electron chi connectivity index (χ2n) is 8.16. The van der Waals surface area contributed by atoms with E-state index >= 15 is 0 Å². The van der Waals surface area contributed by atoms with Gasteiger partial charge in [-0.25, -0.2) is 4.98 Å². The first-order valence-corrected chi connectivity index (χ1v) is 10.8. The minimum Gasteiger partial charge on any atom is -0.297 e. The molecule has 0 aliphatic rings. The van der Waals surface area contributed by atoms with Crippen molar-refractivity contribution in [1.82, 2.24) is 24.3 Å². The number of pyridine rings is 2. The fourth-order valence-corrected chi connectivity index (χ4v) is 4.13.